The van der Waals surface area contributed by atoms with E-state index in [1.54, 1.807) is 13.3 Å². The van der Waals surface area contributed by atoms with E-state index in [0.29, 0.717) is 13.2 Å². The fourth-order valence-electron chi connectivity index (χ4n) is 3.59. The molecule has 132 valence electrons. The van der Waals surface area contributed by atoms with Gasteiger partial charge in [-0.2, -0.15) is 0 Å². The first kappa shape index (κ1) is 17.3. The second kappa shape index (κ2) is 8.05. The van der Waals surface area contributed by atoms with E-state index in [1.165, 1.54) is 0 Å². The molecule has 0 unspecified atom stereocenters. The molecule has 24 heavy (non-hydrogen) atoms. The molecule has 1 aromatic rings. The highest BCUT2D eigenvalue weighted by molar-refractivity contribution is 5.77. The van der Waals surface area contributed by atoms with Crippen LogP contribution < -0.4 is 0 Å². The summed E-state index contributed by atoms with van der Waals surface area (Å²) in [5.74, 6) is 0.0858. The zero-order valence-electron chi connectivity index (χ0n) is 14.3. The first-order valence-corrected chi connectivity index (χ1v) is 8.56. The van der Waals surface area contributed by atoms with Gasteiger partial charge in [0.15, 0.2) is 0 Å². The van der Waals surface area contributed by atoms with Crippen molar-refractivity contribution >= 4 is 5.91 Å². The van der Waals surface area contributed by atoms with Crippen LogP contribution in [-0.4, -0.2) is 61.9 Å². The maximum absolute atomic E-state index is 11.9. The highest BCUT2D eigenvalue weighted by Crippen LogP contribution is 2.42. The maximum atomic E-state index is 11.9. The number of rotatable bonds is 6. The molecule has 0 N–H and O–H groups in total. The number of hydrogen-bond acceptors (Lipinski definition) is 5. The van der Waals surface area contributed by atoms with Crippen LogP contribution >= 0.6 is 0 Å². The summed E-state index contributed by atoms with van der Waals surface area (Å²) in [6.07, 6.45) is 6.76. The quantitative estimate of drug-likeness (QED) is 0.791. The molecule has 0 radical (unpaired) electrons. The zero-order chi connectivity index (χ0) is 16.8. The van der Waals surface area contributed by atoms with E-state index in [9.17, 15) is 4.79 Å². The van der Waals surface area contributed by atoms with Gasteiger partial charge in [0.25, 0.3) is 0 Å². The van der Waals surface area contributed by atoms with Crippen LogP contribution in [-0.2, 0) is 25.6 Å². The number of hydrogen-bond donors (Lipinski definition) is 0. The third kappa shape index (κ3) is 4.32. The summed E-state index contributed by atoms with van der Waals surface area (Å²) in [7, 11) is 1.56. The first-order chi connectivity index (χ1) is 11.7. The third-order valence-corrected chi connectivity index (χ3v) is 5.03. The molecule has 1 spiro atoms. The van der Waals surface area contributed by atoms with Crippen LogP contribution in [0.25, 0.3) is 0 Å². The molecule has 2 saturated heterocycles. The number of methoxy groups -OCH3 is 1. The lowest BCUT2D eigenvalue weighted by molar-refractivity contribution is -0.137. The van der Waals surface area contributed by atoms with E-state index < -0.39 is 0 Å². The summed E-state index contributed by atoms with van der Waals surface area (Å²) < 4.78 is 16.7. The summed E-state index contributed by atoms with van der Waals surface area (Å²) in [5, 5.41) is 0. The Morgan fingerprint density at radius 2 is 2.29 bits per heavy atom. The lowest BCUT2D eigenvalue weighted by Gasteiger charge is -2.38. The molecule has 0 aliphatic carbocycles. The van der Waals surface area contributed by atoms with Gasteiger partial charge in [0.05, 0.1) is 25.9 Å². The third-order valence-electron chi connectivity index (χ3n) is 5.03. The van der Waals surface area contributed by atoms with Crippen LogP contribution in [0.4, 0.5) is 0 Å². The Bertz CT molecular complexity index is 529. The van der Waals surface area contributed by atoms with E-state index in [1.807, 2.05) is 23.2 Å². The molecule has 2 fully saturated rings. The second-order valence-electron chi connectivity index (χ2n) is 6.83. The van der Waals surface area contributed by atoms with Gasteiger partial charge in [0, 0.05) is 32.6 Å². The Morgan fingerprint density at radius 1 is 1.46 bits per heavy atom. The number of nitrogens with zero attached hydrogens (tertiary/aromatic N) is 2. The fraction of sp³-hybridized carbons (Fsp3) is 0.667. The average molecular weight is 334 g/mol. The van der Waals surface area contributed by atoms with Gasteiger partial charge in [-0.1, -0.05) is 6.07 Å². The van der Waals surface area contributed by atoms with Crippen molar-refractivity contribution in [1.29, 1.82) is 0 Å². The van der Waals surface area contributed by atoms with Crippen molar-refractivity contribution in [2.45, 2.75) is 32.0 Å². The molecule has 3 heterocycles. The van der Waals surface area contributed by atoms with Crippen molar-refractivity contribution in [1.82, 2.24) is 9.88 Å². The van der Waals surface area contributed by atoms with Crippen molar-refractivity contribution in [2.24, 2.45) is 5.41 Å². The van der Waals surface area contributed by atoms with E-state index in [0.717, 1.165) is 44.5 Å². The molecular formula is C18H26N2O4. The van der Waals surface area contributed by atoms with Crippen LogP contribution in [0, 0.1) is 5.41 Å². The molecule has 0 saturated carbocycles. The predicted octanol–water partition coefficient (Wildman–Crippen LogP) is 1.64. The summed E-state index contributed by atoms with van der Waals surface area (Å²) in [6, 6.07) is 3.93. The minimum atomic E-state index is 0.0858. The molecule has 2 aliphatic rings. The summed E-state index contributed by atoms with van der Waals surface area (Å²) in [4.78, 5) is 17.9. The van der Waals surface area contributed by atoms with Gasteiger partial charge < -0.3 is 19.1 Å². The van der Waals surface area contributed by atoms with Gasteiger partial charge in [0.2, 0.25) is 5.91 Å². The van der Waals surface area contributed by atoms with Gasteiger partial charge in [-0.25, -0.2) is 0 Å². The molecule has 1 aromatic heterocycles. The van der Waals surface area contributed by atoms with Crippen molar-refractivity contribution in [2.75, 3.05) is 40.0 Å². The zero-order valence-corrected chi connectivity index (χ0v) is 14.3. The van der Waals surface area contributed by atoms with Crippen molar-refractivity contribution in [3.05, 3.63) is 30.1 Å². The number of aromatic nitrogens is 1. The molecule has 0 aromatic carbocycles. The van der Waals surface area contributed by atoms with Gasteiger partial charge in [-0.05, 0) is 36.3 Å². The highest BCUT2D eigenvalue weighted by Gasteiger charge is 2.43. The molecule has 2 aliphatic heterocycles. The van der Waals surface area contributed by atoms with E-state index in [4.69, 9.17) is 14.2 Å². The number of ether oxygens (including phenoxy) is 3. The smallest absolute Gasteiger partial charge is 0.248 e. The van der Waals surface area contributed by atoms with Crippen molar-refractivity contribution in [3.8, 4) is 0 Å². The minimum absolute atomic E-state index is 0.0858. The topological polar surface area (TPSA) is 60.9 Å². The fourth-order valence-corrected chi connectivity index (χ4v) is 3.59. The van der Waals surface area contributed by atoms with Gasteiger partial charge in [0.1, 0.15) is 6.61 Å². The number of carbonyl (C=O) groups excluding carboxylic acids is 1. The van der Waals surface area contributed by atoms with Crippen LogP contribution in [0.5, 0.6) is 0 Å². The Morgan fingerprint density at radius 3 is 3.00 bits per heavy atom. The standard InChI is InChI=1S/C18H26N2O4/c1-22-13-17(21)20-7-4-18(5-8-20)9-16(24-14-18)12-23-11-15-3-2-6-19-10-15/h2-3,6,10,16H,4-5,7-9,11-14H2,1H3/t16-/m0/s1. The van der Waals surface area contributed by atoms with E-state index in [-0.39, 0.29) is 24.0 Å². The molecule has 1 amide bonds. The Kier molecular flexibility index (Phi) is 5.81. The molecular weight excluding hydrogens is 308 g/mol. The lowest BCUT2D eigenvalue weighted by Crippen LogP contribution is -2.44. The highest BCUT2D eigenvalue weighted by atomic mass is 16.5. The minimum Gasteiger partial charge on any atom is -0.375 e. The largest absolute Gasteiger partial charge is 0.375 e. The monoisotopic (exact) mass is 334 g/mol. The second-order valence-corrected chi connectivity index (χ2v) is 6.83. The Balaban J connectivity index is 1.40. The van der Waals surface area contributed by atoms with E-state index >= 15 is 0 Å². The normalized spacial score (nSPS) is 22.9. The number of carbonyl (C=O) groups is 1. The number of piperidine rings is 1. The summed E-state index contributed by atoms with van der Waals surface area (Å²) >= 11 is 0. The number of likely N-dealkylation sites (tertiary alicyclic amines) is 1. The van der Waals surface area contributed by atoms with Crippen LogP contribution in [0.15, 0.2) is 24.5 Å². The number of pyridine rings is 1. The van der Waals surface area contributed by atoms with E-state index in [2.05, 4.69) is 4.98 Å². The van der Waals surface area contributed by atoms with Crippen LogP contribution in [0.3, 0.4) is 0 Å². The maximum Gasteiger partial charge on any atom is 0.248 e. The van der Waals surface area contributed by atoms with Crippen molar-refractivity contribution in [3.63, 3.8) is 0 Å². The van der Waals surface area contributed by atoms with Gasteiger partial charge in [-0.15, -0.1) is 0 Å². The van der Waals surface area contributed by atoms with Crippen LogP contribution in [0.1, 0.15) is 24.8 Å². The summed E-state index contributed by atoms with van der Waals surface area (Å²) in [5.41, 5.74) is 1.29. The molecule has 3 rings (SSSR count). The Labute approximate surface area is 143 Å². The SMILES string of the molecule is COCC(=O)N1CCC2(CC1)CO[C@H](COCc1cccnc1)C2. The molecule has 6 heteroatoms. The van der Waals surface area contributed by atoms with Gasteiger partial charge in [-0.3, -0.25) is 9.78 Å². The van der Waals surface area contributed by atoms with Gasteiger partial charge >= 0.3 is 0 Å². The lowest BCUT2D eigenvalue weighted by atomic mass is 9.76. The number of amides is 1. The van der Waals surface area contributed by atoms with Crippen molar-refractivity contribution < 1.29 is 19.0 Å². The molecule has 1 atom stereocenters. The average Bonchev–Trinajstić information content (AvgIpc) is 2.99. The Hall–Kier alpha value is -1.50. The van der Waals surface area contributed by atoms with Crippen LogP contribution in [0.2, 0.25) is 0 Å². The predicted molar refractivity (Wildman–Crippen MR) is 88.4 cm³/mol. The first-order valence-electron chi connectivity index (χ1n) is 8.56. The molecule has 6 nitrogen and oxygen atoms in total. The summed E-state index contributed by atoms with van der Waals surface area (Å²) in [6.45, 7) is 3.74. The molecule has 0 bridgehead atoms.